The van der Waals surface area contributed by atoms with Crippen LogP contribution >= 0.6 is 0 Å². The average molecular weight is 273 g/mol. The fourth-order valence-corrected chi connectivity index (χ4v) is 1.94. The summed E-state index contributed by atoms with van der Waals surface area (Å²) in [5.41, 5.74) is 0. The highest BCUT2D eigenvalue weighted by Crippen LogP contribution is 2.13. The Bertz CT molecular complexity index is 287. The lowest BCUT2D eigenvalue weighted by molar-refractivity contribution is -0.147. The van der Waals surface area contributed by atoms with Crippen molar-refractivity contribution in [2.24, 2.45) is 11.8 Å². The van der Waals surface area contributed by atoms with E-state index >= 15 is 0 Å². The van der Waals surface area contributed by atoms with E-state index < -0.39 is 0 Å². The van der Waals surface area contributed by atoms with Crippen molar-refractivity contribution >= 4 is 11.9 Å². The third-order valence-corrected chi connectivity index (χ3v) is 3.10. The molecule has 0 bridgehead atoms. The quantitative estimate of drug-likeness (QED) is 0.680. The molecule has 0 aliphatic heterocycles. The third-order valence-electron chi connectivity index (χ3n) is 3.10. The van der Waals surface area contributed by atoms with Crippen LogP contribution in [0.4, 0.5) is 0 Å². The van der Waals surface area contributed by atoms with Crippen molar-refractivity contribution in [2.45, 2.75) is 46.6 Å². The van der Waals surface area contributed by atoms with Crippen LogP contribution in [0.5, 0.6) is 0 Å². The van der Waals surface area contributed by atoms with E-state index in [4.69, 9.17) is 0 Å². The fraction of sp³-hybridized carbons (Fsp3) is 0.857. The minimum Gasteiger partial charge on any atom is -0.469 e. The summed E-state index contributed by atoms with van der Waals surface area (Å²) in [6, 6.07) is -0.238. The van der Waals surface area contributed by atoms with Gasteiger partial charge in [-0.05, 0) is 12.3 Å². The van der Waals surface area contributed by atoms with Crippen molar-refractivity contribution < 1.29 is 19.4 Å². The number of nitrogens with zero attached hydrogens (tertiary/aromatic N) is 1. The molecule has 19 heavy (non-hydrogen) atoms. The van der Waals surface area contributed by atoms with Gasteiger partial charge in [0.15, 0.2) is 0 Å². The van der Waals surface area contributed by atoms with Gasteiger partial charge in [-0.2, -0.15) is 0 Å². The highest BCUT2D eigenvalue weighted by molar-refractivity contribution is 5.78. The minimum absolute atomic E-state index is 0.0216. The van der Waals surface area contributed by atoms with Crippen molar-refractivity contribution in [3.05, 3.63) is 0 Å². The molecule has 1 amide bonds. The van der Waals surface area contributed by atoms with Crippen LogP contribution in [0.15, 0.2) is 0 Å². The lowest BCUT2D eigenvalue weighted by Gasteiger charge is -2.32. The second kappa shape index (κ2) is 8.91. The summed E-state index contributed by atoms with van der Waals surface area (Å²) in [6.45, 7) is 7.79. The Morgan fingerprint density at radius 1 is 1.26 bits per heavy atom. The van der Waals surface area contributed by atoms with Crippen LogP contribution in [0.1, 0.15) is 40.5 Å². The normalized spacial score (nSPS) is 14.1. The molecule has 0 aliphatic rings. The number of hydrogen-bond acceptors (Lipinski definition) is 4. The highest BCUT2D eigenvalue weighted by atomic mass is 16.5. The first-order valence-electron chi connectivity index (χ1n) is 6.85. The van der Waals surface area contributed by atoms with E-state index in [-0.39, 0.29) is 42.9 Å². The molecule has 0 radical (unpaired) electrons. The third kappa shape index (κ3) is 6.05. The molecular weight excluding hydrogens is 246 g/mol. The maximum absolute atomic E-state index is 12.2. The molecule has 2 unspecified atom stereocenters. The van der Waals surface area contributed by atoms with Crippen LogP contribution in [0, 0.1) is 11.8 Å². The van der Waals surface area contributed by atoms with Gasteiger partial charge in [-0.15, -0.1) is 0 Å². The molecule has 0 fully saturated rings. The molecule has 0 aromatic carbocycles. The molecular formula is C14H27NO4. The van der Waals surface area contributed by atoms with Crippen molar-refractivity contribution in [3.63, 3.8) is 0 Å². The zero-order valence-electron chi connectivity index (χ0n) is 12.7. The standard InChI is InChI=1S/C14H27NO4/c1-6-12(9-16)15(13(17)7-10(2)3)8-11(4)14(18)19-5/h10-12,16H,6-9H2,1-5H3. The Labute approximate surface area is 115 Å². The van der Waals surface area contributed by atoms with Crippen LogP contribution in [0.3, 0.4) is 0 Å². The molecule has 0 aromatic heterocycles. The van der Waals surface area contributed by atoms with E-state index in [1.54, 1.807) is 11.8 Å². The van der Waals surface area contributed by atoms with Gasteiger partial charge in [0.2, 0.25) is 5.91 Å². The number of aliphatic hydroxyl groups excluding tert-OH is 1. The molecule has 0 heterocycles. The van der Waals surface area contributed by atoms with Gasteiger partial charge in [0, 0.05) is 13.0 Å². The molecule has 0 rings (SSSR count). The fourth-order valence-electron chi connectivity index (χ4n) is 1.94. The predicted molar refractivity (Wildman–Crippen MR) is 73.5 cm³/mol. The topological polar surface area (TPSA) is 66.8 Å². The first-order valence-corrected chi connectivity index (χ1v) is 6.85. The molecule has 5 heteroatoms. The number of hydrogen-bond donors (Lipinski definition) is 1. The summed E-state index contributed by atoms with van der Waals surface area (Å²) in [7, 11) is 1.34. The second-order valence-corrected chi connectivity index (χ2v) is 5.31. The first kappa shape index (κ1) is 17.9. The van der Waals surface area contributed by atoms with E-state index in [2.05, 4.69) is 4.74 Å². The zero-order valence-corrected chi connectivity index (χ0v) is 12.7. The van der Waals surface area contributed by atoms with Gasteiger partial charge in [0.05, 0.1) is 25.7 Å². The highest BCUT2D eigenvalue weighted by Gasteiger charge is 2.26. The number of amides is 1. The van der Waals surface area contributed by atoms with Gasteiger partial charge in [-0.1, -0.05) is 27.7 Å². The summed E-state index contributed by atoms with van der Waals surface area (Å²) in [5.74, 6) is -0.497. The van der Waals surface area contributed by atoms with E-state index in [1.165, 1.54) is 7.11 Å². The molecule has 2 atom stereocenters. The second-order valence-electron chi connectivity index (χ2n) is 5.31. The molecule has 5 nitrogen and oxygen atoms in total. The van der Waals surface area contributed by atoms with Crippen molar-refractivity contribution in [1.29, 1.82) is 0 Å². The van der Waals surface area contributed by atoms with Gasteiger partial charge in [0.1, 0.15) is 0 Å². The number of esters is 1. The number of methoxy groups -OCH3 is 1. The number of rotatable bonds is 8. The molecule has 0 aromatic rings. The average Bonchev–Trinajstić information content (AvgIpc) is 2.36. The summed E-state index contributed by atoms with van der Waals surface area (Å²) >= 11 is 0. The molecule has 0 saturated carbocycles. The van der Waals surface area contributed by atoms with E-state index in [0.717, 1.165) is 0 Å². The van der Waals surface area contributed by atoms with E-state index in [0.29, 0.717) is 12.8 Å². The van der Waals surface area contributed by atoms with Crippen molar-refractivity contribution in [1.82, 2.24) is 4.90 Å². The Morgan fingerprint density at radius 2 is 1.84 bits per heavy atom. The number of carbonyl (C=O) groups excluding carboxylic acids is 2. The Balaban J connectivity index is 4.85. The van der Waals surface area contributed by atoms with Crippen LogP contribution in [-0.4, -0.2) is 48.2 Å². The minimum atomic E-state index is -0.387. The van der Waals surface area contributed by atoms with Crippen LogP contribution in [0.25, 0.3) is 0 Å². The largest absolute Gasteiger partial charge is 0.469 e. The summed E-state index contributed by atoms with van der Waals surface area (Å²) in [5, 5.41) is 9.38. The van der Waals surface area contributed by atoms with E-state index in [1.807, 2.05) is 20.8 Å². The van der Waals surface area contributed by atoms with Gasteiger partial charge in [-0.3, -0.25) is 9.59 Å². The van der Waals surface area contributed by atoms with Crippen LogP contribution in [0.2, 0.25) is 0 Å². The molecule has 0 saturated heterocycles. The predicted octanol–water partition coefficient (Wildman–Crippen LogP) is 1.44. The maximum Gasteiger partial charge on any atom is 0.310 e. The molecule has 0 spiro atoms. The van der Waals surface area contributed by atoms with Gasteiger partial charge < -0.3 is 14.7 Å². The summed E-state index contributed by atoms with van der Waals surface area (Å²) in [6.07, 6.45) is 1.08. The van der Waals surface area contributed by atoms with Crippen molar-refractivity contribution in [2.75, 3.05) is 20.3 Å². The number of carbonyl (C=O) groups is 2. The monoisotopic (exact) mass is 273 g/mol. The lowest BCUT2D eigenvalue weighted by atomic mass is 10.1. The Hall–Kier alpha value is -1.10. The zero-order chi connectivity index (χ0) is 15.0. The van der Waals surface area contributed by atoms with Crippen LogP contribution < -0.4 is 0 Å². The van der Waals surface area contributed by atoms with Gasteiger partial charge in [-0.25, -0.2) is 0 Å². The number of aliphatic hydroxyl groups is 1. The van der Waals surface area contributed by atoms with Crippen LogP contribution in [-0.2, 0) is 14.3 Å². The first-order chi connectivity index (χ1) is 8.87. The SMILES string of the molecule is CCC(CO)N(CC(C)C(=O)OC)C(=O)CC(C)C. The Morgan fingerprint density at radius 3 is 2.21 bits per heavy atom. The summed E-state index contributed by atoms with van der Waals surface area (Å²) < 4.78 is 4.68. The smallest absolute Gasteiger partial charge is 0.310 e. The molecule has 1 N–H and O–H groups in total. The maximum atomic E-state index is 12.2. The number of ether oxygens (including phenoxy) is 1. The van der Waals surface area contributed by atoms with E-state index in [9.17, 15) is 14.7 Å². The van der Waals surface area contributed by atoms with Gasteiger partial charge in [0.25, 0.3) is 0 Å². The Kier molecular flexibility index (Phi) is 8.39. The molecule has 112 valence electrons. The van der Waals surface area contributed by atoms with Crippen molar-refractivity contribution in [3.8, 4) is 0 Å². The molecule has 0 aliphatic carbocycles. The lowest BCUT2D eigenvalue weighted by Crippen LogP contribution is -2.46. The van der Waals surface area contributed by atoms with Gasteiger partial charge >= 0.3 is 5.97 Å². The summed E-state index contributed by atoms with van der Waals surface area (Å²) in [4.78, 5) is 25.3.